The zero-order chi connectivity index (χ0) is 22.3. The number of oxazole rings is 1. The summed E-state index contributed by atoms with van der Waals surface area (Å²) in [6, 6.07) is 7.33. The molecule has 0 bridgehead atoms. The number of hydrogen-bond donors (Lipinski definition) is 2. The Morgan fingerprint density at radius 2 is 1.94 bits per heavy atom. The molecule has 0 atom stereocenters. The van der Waals surface area contributed by atoms with Crippen molar-refractivity contribution in [2.24, 2.45) is 5.41 Å². The van der Waals surface area contributed by atoms with E-state index in [4.69, 9.17) is 4.42 Å². The van der Waals surface area contributed by atoms with E-state index in [2.05, 4.69) is 35.5 Å². The molecular formula is C24H23N7O2. The maximum atomic E-state index is 13.0. The fraction of sp³-hybridized carbons (Fsp3) is 0.292. The zero-order valence-electron chi connectivity index (χ0n) is 18.0. The summed E-state index contributed by atoms with van der Waals surface area (Å²) in [4.78, 5) is 32.4. The molecular weight excluding hydrogens is 418 g/mol. The van der Waals surface area contributed by atoms with Crippen LogP contribution in [0, 0.1) is 5.41 Å². The fourth-order valence-corrected chi connectivity index (χ4v) is 4.56. The third-order valence-corrected chi connectivity index (χ3v) is 6.68. The number of fused-ring (bicyclic) bond motifs is 1. The lowest BCUT2D eigenvalue weighted by Gasteiger charge is -2.48. The van der Waals surface area contributed by atoms with Gasteiger partial charge in [-0.15, -0.1) is 0 Å². The van der Waals surface area contributed by atoms with Gasteiger partial charge in [0.15, 0.2) is 12.2 Å². The zero-order valence-corrected chi connectivity index (χ0v) is 18.0. The van der Waals surface area contributed by atoms with Crippen LogP contribution in [0.5, 0.6) is 0 Å². The summed E-state index contributed by atoms with van der Waals surface area (Å²) in [5.41, 5.74) is 2.56. The summed E-state index contributed by atoms with van der Waals surface area (Å²) in [6.45, 7) is 4.16. The standard InChI is InChI=1S/C24H23N7O2/c32-23(16-1-4-27-22(9-16)31-5-2-24(3-6-31)13-26-14-24)30-21-8-17-7-18(20-12-25-15-33-20)10-28-19(17)11-29-21/h1,4,7-12,15,26H,2-3,5-6,13-14H2,(H,29,30,32). The van der Waals surface area contributed by atoms with Crippen molar-refractivity contribution in [1.82, 2.24) is 25.3 Å². The van der Waals surface area contributed by atoms with E-state index in [1.54, 1.807) is 36.9 Å². The second-order valence-corrected chi connectivity index (χ2v) is 8.80. The Bertz CT molecular complexity index is 1310. The lowest BCUT2D eigenvalue weighted by atomic mass is 9.73. The van der Waals surface area contributed by atoms with Crippen molar-refractivity contribution < 1.29 is 9.21 Å². The number of piperidine rings is 1. The molecule has 1 spiro atoms. The van der Waals surface area contributed by atoms with Crippen LogP contribution in [0.15, 0.2) is 59.9 Å². The number of rotatable bonds is 4. The van der Waals surface area contributed by atoms with Crippen molar-refractivity contribution in [1.29, 1.82) is 0 Å². The van der Waals surface area contributed by atoms with Gasteiger partial charge in [0.1, 0.15) is 11.6 Å². The van der Waals surface area contributed by atoms with Gasteiger partial charge in [0, 0.05) is 55.1 Å². The smallest absolute Gasteiger partial charge is 0.257 e. The Labute approximate surface area is 190 Å². The predicted octanol–water partition coefficient (Wildman–Crippen LogP) is 3.12. The van der Waals surface area contributed by atoms with E-state index in [1.165, 1.54) is 6.39 Å². The van der Waals surface area contributed by atoms with Crippen LogP contribution in [0.4, 0.5) is 11.6 Å². The number of aromatic nitrogens is 4. The first-order valence-electron chi connectivity index (χ1n) is 11.1. The average Bonchev–Trinajstić information content (AvgIpc) is 3.38. The van der Waals surface area contributed by atoms with Gasteiger partial charge in [0.25, 0.3) is 5.91 Å². The van der Waals surface area contributed by atoms with E-state index >= 15 is 0 Å². The minimum Gasteiger partial charge on any atom is -0.443 e. The molecule has 2 fully saturated rings. The van der Waals surface area contributed by atoms with Crippen LogP contribution in [0.2, 0.25) is 0 Å². The Morgan fingerprint density at radius 3 is 2.70 bits per heavy atom. The molecule has 2 aliphatic rings. The van der Waals surface area contributed by atoms with Crippen molar-refractivity contribution in [3.05, 3.63) is 61.0 Å². The maximum Gasteiger partial charge on any atom is 0.257 e. The SMILES string of the molecule is O=C(Nc1cc2cc(-c3cnco3)cnc2cn1)c1ccnc(N2CCC3(CC2)CNC3)c1. The number of anilines is 2. The van der Waals surface area contributed by atoms with Crippen LogP contribution in [0.1, 0.15) is 23.2 Å². The number of hydrogen-bond acceptors (Lipinski definition) is 8. The molecule has 9 heteroatoms. The molecule has 0 radical (unpaired) electrons. The highest BCUT2D eigenvalue weighted by molar-refractivity contribution is 6.04. The monoisotopic (exact) mass is 441 g/mol. The van der Waals surface area contributed by atoms with E-state index < -0.39 is 0 Å². The summed E-state index contributed by atoms with van der Waals surface area (Å²) in [6.07, 6.45) is 10.4. The molecule has 2 N–H and O–H groups in total. The molecule has 1 amide bonds. The van der Waals surface area contributed by atoms with Gasteiger partial charge in [-0.3, -0.25) is 9.78 Å². The van der Waals surface area contributed by atoms with Crippen molar-refractivity contribution in [3.8, 4) is 11.3 Å². The summed E-state index contributed by atoms with van der Waals surface area (Å²) >= 11 is 0. The van der Waals surface area contributed by atoms with Crippen molar-refractivity contribution in [3.63, 3.8) is 0 Å². The second-order valence-electron chi connectivity index (χ2n) is 8.80. The molecule has 2 saturated heterocycles. The van der Waals surface area contributed by atoms with Crippen LogP contribution in [-0.4, -0.2) is 52.0 Å². The molecule has 166 valence electrons. The lowest BCUT2D eigenvalue weighted by Crippen LogP contribution is -2.58. The number of amides is 1. The normalized spacial score (nSPS) is 17.2. The Balaban J connectivity index is 1.19. The van der Waals surface area contributed by atoms with Gasteiger partial charge in [-0.25, -0.2) is 15.0 Å². The third-order valence-electron chi connectivity index (χ3n) is 6.68. The maximum absolute atomic E-state index is 13.0. The highest BCUT2D eigenvalue weighted by atomic mass is 16.3. The molecule has 0 unspecified atom stereocenters. The molecule has 6 heterocycles. The van der Waals surface area contributed by atoms with Crippen LogP contribution in [-0.2, 0) is 0 Å². The molecule has 4 aromatic heterocycles. The number of nitrogens with zero attached hydrogens (tertiary/aromatic N) is 5. The summed E-state index contributed by atoms with van der Waals surface area (Å²) in [5.74, 6) is 1.71. The fourth-order valence-electron chi connectivity index (χ4n) is 4.56. The van der Waals surface area contributed by atoms with Crippen molar-refractivity contribution in [2.45, 2.75) is 12.8 Å². The van der Waals surface area contributed by atoms with Crippen molar-refractivity contribution in [2.75, 3.05) is 36.4 Å². The Morgan fingerprint density at radius 1 is 1.06 bits per heavy atom. The molecule has 0 aliphatic carbocycles. The van der Waals surface area contributed by atoms with E-state index in [1.807, 2.05) is 12.1 Å². The molecule has 4 aromatic rings. The summed E-state index contributed by atoms with van der Waals surface area (Å²) in [7, 11) is 0. The number of nitrogens with one attached hydrogen (secondary N) is 2. The number of pyridine rings is 3. The minimum absolute atomic E-state index is 0.221. The highest BCUT2D eigenvalue weighted by Crippen LogP contribution is 2.36. The molecule has 9 nitrogen and oxygen atoms in total. The highest BCUT2D eigenvalue weighted by Gasteiger charge is 2.39. The quantitative estimate of drug-likeness (QED) is 0.497. The van der Waals surface area contributed by atoms with E-state index in [0.29, 0.717) is 22.6 Å². The van der Waals surface area contributed by atoms with Gasteiger partial charge in [-0.2, -0.15) is 0 Å². The van der Waals surface area contributed by atoms with Crippen molar-refractivity contribution >= 4 is 28.4 Å². The molecule has 33 heavy (non-hydrogen) atoms. The third kappa shape index (κ3) is 3.80. The molecule has 0 saturated carbocycles. The number of carbonyl (C=O) groups is 1. The Kier molecular flexibility index (Phi) is 4.76. The Hall–Kier alpha value is -3.85. The largest absolute Gasteiger partial charge is 0.443 e. The van der Waals surface area contributed by atoms with E-state index in [-0.39, 0.29) is 5.91 Å². The first-order chi connectivity index (χ1) is 16.2. The minimum atomic E-state index is -0.221. The topological polar surface area (TPSA) is 109 Å². The van der Waals surface area contributed by atoms with Crippen LogP contribution >= 0.6 is 0 Å². The molecule has 6 rings (SSSR count). The molecule has 2 aliphatic heterocycles. The molecule has 0 aromatic carbocycles. The van der Waals surface area contributed by atoms with Gasteiger partial charge in [0.05, 0.1) is 17.9 Å². The van der Waals surface area contributed by atoms with Gasteiger partial charge in [0.2, 0.25) is 0 Å². The van der Waals surface area contributed by atoms with Crippen LogP contribution < -0.4 is 15.5 Å². The van der Waals surface area contributed by atoms with Gasteiger partial charge < -0.3 is 20.0 Å². The first-order valence-corrected chi connectivity index (χ1v) is 11.1. The number of carbonyl (C=O) groups excluding carboxylic acids is 1. The van der Waals surface area contributed by atoms with Gasteiger partial charge in [-0.1, -0.05) is 0 Å². The van der Waals surface area contributed by atoms with E-state index in [0.717, 1.165) is 61.3 Å². The van der Waals surface area contributed by atoms with E-state index in [9.17, 15) is 4.79 Å². The van der Waals surface area contributed by atoms with Gasteiger partial charge in [-0.05, 0) is 42.5 Å². The summed E-state index contributed by atoms with van der Waals surface area (Å²) in [5, 5.41) is 7.13. The second kappa shape index (κ2) is 7.93. The lowest BCUT2D eigenvalue weighted by molar-refractivity contribution is 0.102. The predicted molar refractivity (Wildman–Crippen MR) is 124 cm³/mol. The van der Waals surface area contributed by atoms with Gasteiger partial charge >= 0.3 is 0 Å². The summed E-state index contributed by atoms with van der Waals surface area (Å²) < 4.78 is 5.35. The van der Waals surface area contributed by atoms with Crippen LogP contribution in [0.3, 0.4) is 0 Å². The van der Waals surface area contributed by atoms with Crippen LogP contribution in [0.25, 0.3) is 22.2 Å². The first kappa shape index (κ1) is 19.8. The average molecular weight is 441 g/mol.